The van der Waals surface area contributed by atoms with Crippen LogP contribution in [-0.4, -0.2) is 29.6 Å². The van der Waals surface area contributed by atoms with Crippen molar-refractivity contribution in [3.8, 4) is 11.5 Å². The molecule has 0 radical (unpaired) electrons. The quantitative estimate of drug-likeness (QED) is 0.134. The molecule has 11 heteroatoms. The summed E-state index contributed by atoms with van der Waals surface area (Å²) in [7, 11) is 0. The molecule has 33 heavy (non-hydrogen) atoms. The van der Waals surface area contributed by atoms with Gasteiger partial charge in [0.2, 0.25) is 0 Å². The SMILES string of the molecule is O=C(COc1ccc([N+](=O)[O-])cc1Br)NN=Cc1cc(Br)ccc1OC(=O)c1ccccc1. The van der Waals surface area contributed by atoms with Gasteiger partial charge in [0, 0.05) is 22.2 Å². The Balaban J connectivity index is 1.60. The molecule has 0 saturated carbocycles. The van der Waals surface area contributed by atoms with Crippen molar-refractivity contribution < 1.29 is 24.0 Å². The number of hydrogen-bond donors (Lipinski definition) is 1. The molecule has 0 aliphatic carbocycles. The van der Waals surface area contributed by atoms with Crippen LogP contribution < -0.4 is 14.9 Å². The van der Waals surface area contributed by atoms with Gasteiger partial charge in [-0.1, -0.05) is 34.1 Å². The molecule has 3 rings (SSSR count). The normalized spacial score (nSPS) is 10.6. The van der Waals surface area contributed by atoms with Crippen LogP contribution >= 0.6 is 31.9 Å². The molecule has 0 aliphatic heterocycles. The number of nitro groups is 1. The van der Waals surface area contributed by atoms with Gasteiger partial charge in [0.05, 0.1) is 21.2 Å². The Labute approximate surface area is 204 Å². The molecule has 0 heterocycles. The molecule has 1 amide bonds. The van der Waals surface area contributed by atoms with Crippen molar-refractivity contribution in [1.29, 1.82) is 0 Å². The van der Waals surface area contributed by atoms with E-state index in [-0.39, 0.29) is 23.8 Å². The topological polar surface area (TPSA) is 120 Å². The monoisotopic (exact) mass is 575 g/mol. The van der Waals surface area contributed by atoms with Crippen LogP contribution in [0.25, 0.3) is 0 Å². The lowest BCUT2D eigenvalue weighted by Crippen LogP contribution is -2.24. The largest absolute Gasteiger partial charge is 0.483 e. The van der Waals surface area contributed by atoms with Crippen LogP contribution in [0.1, 0.15) is 15.9 Å². The molecule has 0 fully saturated rings. The van der Waals surface area contributed by atoms with Gasteiger partial charge in [-0.3, -0.25) is 14.9 Å². The Morgan fingerprint density at radius 1 is 1.03 bits per heavy atom. The first-order valence-corrected chi connectivity index (χ1v) is 10.9. The number of benzene rings is 3. The highest BCUT2D eigenvalue weighted by Gasteiger charge is 2.13. The first kappa shape index (κ1) is 24.1. The zero-order valence-electron chi connectivity index (χ0n) is 16.7. The van der Waals surface area contributed by atoms with E-state index in [9.17, 15) is 19.7 Å². The summed E-state index contributed by atoms with van der Waals surface area (Å²) >= 11 is 6.51. The number of non-ortho nitro benzene ring substituents is 1. The number of hydrogen-bond acceptors (Lipinski definition) is 7. The molecule has 0 saturated heterocycles. The van der Waals surface area contributed by atoms with Crippen LogP contribution in [0.15, 0.2) is 80.8 Å². The average molecular weight is 577 g/mol. The van der Waals surface area contributed by atoms with E-state index in [1.54, 1.807) is 48.5 Å². The fourth-order valence-electron chi connectivity index (χ4n) is 2.52. The number of carbonyl (C=O) groups excluding carboxylic acids is 2. The average Bonchev–Trinajstić information content (AvgIpc) is 2.80. The zero-order valence-corrected chi connectivity index (χ0v) is 19.9. The third-order valence-electron chi connectivity index (χ3n) is 4.06. The lowest BCUT2D eigenvalue weighted by atomic mass is 10.2. The number of ether oxygens (including phenoxy) is 2. The van der Waals surface area contributed by atoms with Gasteiger partial charge in [-0.15, -0.1) is 0 Å². The standard InChI is InChI=1S/C22H15Br2N3O6/c23-16-6-8-19(33-22(29)14-4-2-1-3-5-14)15(10-16)12-25-26-21(28)13-32-20-9-7-17(27(30)31)11-18(20)24/h1-12H,13H2,(H,26,28). The number of amides is 1. The molecule has 3 aromatic carbocycles. The summed E-state index contributed by atoms with van der Waals surface area (Å²) in [6.45, 7) is -0.373. The van der Waals surface area contributed by atoms with E-state index in [1.807, 2.05) is 0 Å². The van der Waals surface area contributed by atoms with E-state index < -0.39 is 16.8 Å². The van der Waals surface area contributed by atoms with Crippen molar-refractivity contribution in [3.63, 3.8) is 0 Å². The summed E-state index contributed by atoms with van der Waals surface area (Å²) in [5.41, 5.74) is 3.04. The number of halogens is 2. The molecule has 0 unspecified atom stereocenters. The lowest BCUT2D eigenvalue weighted by molar-refractivity contribution is -0.384. The number of hydrazone groups is 1. The summed E-state index contributed by atoms with van der Waals surface area (Å²) in [5.74, 6) is -0.564. The fraction of sp³-hybridized carbons (Fsp3) is 0.0455. The molecule has 0 bridgehead atoms. The second-order valence-electron chi connectivity index (χ2n) is 6.39. The maximum Gasteiger partial charge on any atom is 0.343 e. The predicted molar refractivity (Wildman–Crippen MR) is 128 cm³/mol. The summed E-state index contributed by atoms with van der Waals surface area (Å²) in [4.78, 5) is 34.6. The molecule has 3 aromatic rings. The fourth-order valence-corrected chi connectivity index (χ4v) is 3.38. The molecule has 168 valence electrons. The van der Waals surface area contributed by atoms with E-state index in [0.717, 1.165) is 4.47 Å². The van der Waals surface area contributed by atoms with Crippen molar-refractivity contribution in [2.24, 2.45) is 5.10 Å². The Hall–Kier alpha value is -3.57. The maximum absolute atomic E-state index is 12.3. The van der Waals surface area contributed by atoms with E-state index in [2.05, 4.69) is 42.4 Å². The number of carbonyl (C=O) groups is 2. The first-order valence-electron chi connectivity index (χ1n) is 9.29. The Kier molecular flexibility index (Phi) is 8.28. The zero-order chi connectivity index (χ0) is 23.8. The van der Waals surface area contributed by atoms with Crippen molar-refractivity contribution in [1.82, 2.24) is 5.43 Å². The molecule has 0 atom stereocenters. The van der Waals surface area contributed by atoms with Crippen molar-refractivity contribution in [2.45, 2.75) is 0 Å². The molecule has 1 N–H and O–H groups in total. The van der Waals surface area contributed by atoms with Gasteiger partial charge in [0.25, 0.3) is 11.6 Å². The Morgan fingerprint density at radius 2 is 1.76 bits per heavy atom. The third-order valence-corrected chi connectivity index (χ3v) is 5.17. The molecule has 9 nitrogen and oxygen atoms in total. The molecular formula is C22H15Br2N3O6. The summed E-state index contributed by atoms with van der Waals surface area (Å²) in [6, 6.07) is 17.4. The highest BCUT2D eigenvalue weighted by Crippen LogP contribution is 2.29. The minimum atomic E-state index is -0.561. The predicted octanol–water partition coefficient (Wildman–Crippen LogP) is 4.87. The van der Waals surface area contributed by atoms with Crippen molar-refractivity contribution >= 4 is 55.6 Å². The van der Waals surface area contributed by atoms with Gasteiger partial charge in [0.1, 0.15) is 11.5 Å². The minimum Gasteiger partial charge on any atom is -0.483 e. The van der Waals surface area contributed by atoms with Gasteiger partial charge < -0.3 is 9.47 Å². The molecular weight excluding hydrogens is 562 g/mol. The lowest BCUT2D eigenvalue weighted by Gasteiger charge is -2.08. The van der Waals surface area contributed by atoms with Crippen LogP contribution in [0.5, 0.6) is 11.5 Å². The van der Waals surface area contributed by atoms with Crippen LogP contribution in [0, 0.1) is 10.1 Å². The Bertz CT molecular complexity index is 1220. The van der Waals surface area contributed by atoms with Crippen LogP contribution in [0.3, 0.4) is 0 Å². The van der Waals surface area contributed by atoms with Gasteiger partial charge in [-0.2, -0.15) is 5.10 Å². The van der Waals surface area contributed by atoms with Crippen molar-refractivity contribution in [2.75, 3.05) is 6.61 Å². The van der Waals surface area contributed by atoms with Gasteiger partial charge >= 0.3 is 5.97 Å². The van der Waals surface area contributed by atoms with E-state index in [0.29, 0.717) is 15.6 Å². The molecule has 0 spiro atoms. The van der Waals surface area contributed by atoms with E-state index in [1.165, 1.54) is 24.4 Å². The Morgan fingerprint density at radius 3 is 2.45 bits per heavy atom. The second-order valence-corrected chi connectivity index (χ2v) is 8.16. The van der Waals surface area contributed by atoms with Gasteiger partial charge in [-0.25, -0.2) is 10.2 Å². The number of esters is 1. The van der Waals surface area contributed by atoms with Crippen molar-refractivity contribution in [3.05, 3.63) is 96.9 Å². The second kappa shape index (κ2) is 11.3. The van der Waals surface area contributed by atoms with Crippen LogP contribution in [0.2, 0.25) is 0 Å². The highest BCUT2D eigenvalue weighted by molar-refractivity contribution is 9.10. The number of nitrogens with zero attached hydrogens (tertiary/aromatic N) is 2. The van der Waals surface area contributed by atoms with Crippen LogP contribution in [-0.2, 0) is 4.79 Å². The smallest absolute Gasteiger partial charge is 0.343 e. The third kappa shape index (κ3) is 6.96. The number of nitrogens with one attached hydrogen (secondary N) is 1. The molecule has 0 aliphatic rings. The number of rotatable bonds is 8. The highest BCUT2D eigenvalue weighted by atomic mass is 79.9. The summed E-state index contributed by atoms with van der Waals surface area (Å²) in [6.07, 6.45) is 1.33. The summed E-state index contributed by atoms with van der Waals surface area (Å²) in [5, 5.41) is 14.7. The van der Waals surface area contributed by atoms with E-state index >= 15 is 0 Å². The van der Waals surface area contributed by atoms with Gasteiger partial charge in [-0.05, 0) is 52.3 Å². The first-order chi connectivity index (χ1) is 15.8. The molecule has 0 aromatic heterocycles. The summed E-state index contributed by atoms with van der Waals surface area (Å²) < 4.78 is 11.9. The minimum absolute atomic E-state index is 0.110. The van der Waals surface area contributed by atoms with Gasteiger partial charge in [0.15, 0.2) is 6.61 Å². The maximum atomic E-state index is 12.3. The van der Waals surface area contributed by atoms with E-state index in [4.69, 9.17) is 9.47 Å². The number of nitro benzene ring substituents is 1. The van der Waals surface area contributed by atoms with Crippen LogP contribution in [0.4, 0.5) is 5.69 Å².